The Morgan fingerprint density at radius 3 is 2.65 bits per heavy atom. The lowest BCUT2D eigenvalue weighted by Gasteiger charge is -2.25. The molecule has 2 aromatic rings. The molecule has 0 unspecified atom stereocenters. The van der Waals surface area contributed by atoms with E-state index in [0.29, 0.717) is 12.2 Å². The first-order valence-electron chi connectivity index (χ1n) is 9.04. The van der Waals surface area contributed by atoms with Crippen molar-refractivity contribution in [1.29, 1.82) is 0 Å². The van der Waals surface area contributed by atoms with E-state index in [2.05, 4.69) is 24.4 Å². The third kappa shape index (κ3) is 4.10. The Balaban J connectivity index is 1.80. The fourth-order valence-electron chi connectivity index (χ4n) is 3.06. The van der Waals surface area contributed by atoms with Crippen LogP contribution in [0.1, 0.15) is 43.2 Å². The van der Waals surface area contributed by atoms with E-state index in [4.69, 9.17) is 0 Å². The molecule has 5 heteroatoms. The molecular weight excluding hydrogens is 344 g/mol. The molecule has 0 radical (unpaired) electrons. The van der Waals surface area contributed by atoms with Crippen molar-refractivity contribution in [3.8, 4) is 0 Å². The number of thioether (sulfide) groups is 1. The van der Waals surface area contributed by atoms with Crippen LogP contribution < -0.4 is 10.2 Å². The van der Waals surface area contributed by atoms with E-state index in [9.17, 15) is 9.59 Å². The molecule has 0 spiro atoms. The average Bonchev–Trinajstić information content (AvgIpc) is 3.04. The van der Waals surface area contributed by atoms with E-state index in [-0.39, 0.29) is 17.2 Å². The number of carbonyl (C=O) groups is 2. The quantitative estimate of drug-likeness (QED) is 0.799. The SMILES string of the molecule is CCCC(=O)Nc1ccc([C@H]2SCC(=O)N2c2cccc(CC)c2)cc1. The van der Waals surface area contributed by atoms with Gasteiger partial charge in [0.25, 0.3) is 0 Å². The number of amides is 2. The first-order valence-corrected chi connectivity index (χ1v) is 10.1. The van der Waals surface area contributed by atoms with Crippen molar-refractivity contribution in [2.24, 2.45) is 0 Å². The van der Waals surface area contributed by atoms with Crippen LogP contribution in [0.5, 0.6) is 0 Å². The van der Waals surface area contributed by atoms with E-state index >= 15 is 0 Å². The van der Waals surface area contributed by atoms with E-state index in [1.54, 1.807) is 11.8 Å². The smallest absolute Gasteiger partial charge is 0.238 e. The number of nitrogens with one attached hydrogen (secondary N) is 1. The lowest BCUT2D eigenvalue weighted by molar-refractivity contribution is -0.116. The number of anilines is 2. The zero-order chi connectivity index (χ0) is 18.5. The van der Waals surface area contributed by atoms with Crippen LogP contribution in [0.4, 0.5) is 11.4 Å². The highest BCUT2D eigenvalue weighted by Crippen LogP contribution is 2.42. The van der Waals surface area contributed by atoms with Crippen molar-refractivity contribution in [2.75, 3.05) is 16.0 Å². The fourth-order valence-corrected chi connectivity index (χ4v) is 4.24. The van der Waals surface area contributed by atoms with Gasteiger partial charge in [-0.15, -0.1) is 11.8 Å². The molecular formula is C21H24N2O2S. The van der Waals surface area contributed by atoms with Gasteiger partial charge in [-0.3, -0.25) is 14.5 Å². The van der Waals surface area contributed by atoms with Gasteiger partial charge in [0.1, 0.15) is 5.37 Å². The maximum atomic E-state index is 12.5. The van der Waals surface area contributed by atoms with Crippen LogP contribution >= 0.6 is 11.8 Å². The molecule has 136 valence electrons. The zero-order valence-corrected chi connectivity index (χ0v) is 16.0. The number of aryl methyl sites for hydroxylation is 1. The molecule has 0 bridgehead atoms. The van der Waals surface area contributed by atoms with Gasteiger partial charge < -0.3 is 5.32 Å². The summed E-state index contributed by atoms with van der Waals surface area (Å²) >= 11 is 1.64. The summed E-state index contributed by atoms with van der Waals surface area (Å²) in [5, 5.41) is 2.87. The fraction of sp³-hybridized carbons (Fsp3) is 0.333. The third-order valence-electron chi connectivity index (χ3n) is 4.42. The Morgan fingerprint density at radius 1 is 1.19 bits per heavy atom. The normalized spacial score (nSPS) is 16.8. The highest BCUT2D eigenvalue weighted by molar-refractivity contribution is 8.00. The Hall–Kier alpha value is -2.27. The maximum Gasteiger partial charge on any atom is 0.238 e. The summed E-state index contributed by atoms with van der Waals surface area (Å²) in [6.07, 6.45) is 2.30. The van der Waals surface area contributed by atoms with Crippen molar-refractivity contribution >= 4 is 35.0 Å². The van der Waals surface area contributed by atoms with Crippen molar-refractivity contribution in [3.05, 3.63) is 59.7 Å². The minimum absolute atomic E-state index is 0.0312. The molecule has 4 nitrogen and oxygen atoms in total. The Labute approximate surface area is 159 Å². The molecule has 2 aromatic carbocycles. The van der Waals surface area contributed by atoms with Crippen molar-refractivity contribution in [2.45, 2.75) is 38.5 Å². The van der Waals surface area contributed by atoms with E-state index in [1.165, 1.54) is 5.56 Å². The predicted octanol–water partition coefficient (Wildman–Crippen LogP) is 4.77. The molecule has 1 heterocycles. The number of nitrogens with zero attached hydrogens (tertiary/aromatic N) is 1. The Kier molecular flexibility index (Phi) is 5.99. The van der Waals surface area contributed by atoms with Gasteiger partial charge in [0.15, 0.2) is 0 Å². The zero-order valence-electron chi connectivity index (χ0n) is 15.2. The molecule has 3 rings (SSSR count). The topological polar surface area (TPSA) is 49.4 Å². The van der Waals surface area contributed by atoms with Gasteiger partial charge in [-0.2, -0.15) is 0 Å². The molecule has 26 heavy (non-hydrogen) atoms. The summed E-state index contributed by atoms with van der Waals surface area (Å²) < 4.78 is 0. The van der Waals surface area contributed by atoms with E-state index < -0.39 is 0 Å². The van der Waals surface area contributed by atoms with Crippen LogP contribution in [-0.2, 0) is 16.0 Å². The summed E-state index contributed by atoms with van der Waals surface area (Å²) in [4.78, 5) is 26.1. The molecule has 1 fully saturated rings. The largest absolute Gasteiger partial charge is 0.326 e. The highest BCUT2D eigenvalue weighted by Gasteiger charge is 2.34. The first kappa shape index (κ1) is 18.5. The number of hydrogen-bond acceptors (Lipinski definition) is 3. The minimum atomic E-state index is -0.0324. The standard InChI is InChI=1S/C21H24N2O2S/c1-3-6-19(24)22-17-11-9-16(10-12-17)21-23(20(25)14-26-21)18-8-5-7-15(4-2)13-18/h5,7-13,21H,3-4,6,14H2,1-2H3,(H,22,24)/t21-/m1/s1. The lowest BCUT2D eigenvalue weighted by Crippen LogP contribution is -2.27. The van der Waals surface area contributed by atoms with Gasteiger partial charge in [0, 0.05) is 17.8 Å². The second kappa shape index (κ2) is 8.41. The predicted molar refractivity (Wildman–Crippen MR) is 108 cm³/mol. The van der Waals surface area contributed by atoms with Crippen LogP contribution in [0.3, 0.4) is 0 Å². The van der Waals surface area contributed by atoms with Crippen molar-refractivity contribution in [3.63, 3.8) is 0 Å². The molecule has 2 amide bonds. The van der Waals surface area contributed by atoms with Gasteiger partial charge in [-0.25, -0.2) is 0 Å². The van der Waals surface area contributed by atoms with Gasteiger partial charge in [0.2, 0.25) is 11.8 Å². The highest BCUT2D eigenvalue weighted by atomic mass is 32.2. The maximum absolute atomic E-state index is 12.5. The van der Waals surface area contributed by atoms with Gasteiger partial charge in [-0.05, 0) is 48.2 Å². The number of rotatable bonds is 6. The van der Waals surface area contributed by atoms with Gasteiger partial charge in [0.05, 0.1) is 5.75 Å². The Morgan fingerprint density at radius 2 is 1.96 bits per heavy atom. The van der Waals surface area contributed by atoms with Crippen LogP contribution in [0, 0.1) is 0 Å². The molecule has 1 atom stereocenters. The second-order valence-corrected chi connectivity index (χ2v) is 7.44. The van der Waals surface area contributed by atoms with Crippen LogP contribution in [-0.4, -0.2) is 17.6 Å². The van der Waals surface area contributed by atoms with Crippen LogP contribution in [0.2, 0.25) is 0 Å². The van der Waals surface area contributed by atoms with Crippen LogP contribution in [0.25, 0.3) is 0 Å². The van der Waals surface area contributed by atoms with E-state index in [0.717, 1.165) is 29.8 Å². The summed E-state index contributed by atoms with van der Waals surface area (Å²) in [6.45, 7) is 4.10. The average molecular weight is 369 g/mol. The summed E-state index contributed by atoms with van der Waals surface area (Å²) in [7, 11) is 0. The minimum Gasteiger partial charge on any atom is -0.326 e. The first-order chi connectivity index (χ1) is 12.6. The Bertz CT molecular complexity index is 789. The van der Waals surface area contributed by atoms with Crippen molar-refractivity contribution < 1.29 is 9.59 Å². The van der Waals surface area contributed by atoms with Crippen molar-refractivity contribution in [1.82, 2.24) is 0 Å². The molecule has 1 N–H and O–H groups in total. The molecule has 0 saturated carbocycles. The molecule has 0 aromatic heterocycles. The van der Waals surface area contributed by atoms with Crippen LogP contribution in [0.15, 0.2) is 48.5 Å². The number of benzene rings is 2. The molecule has 1 saturated heterocycles. The number of hydrogen-bond donors (Lipinski definition) is 1. The molecule has 1 aliphatic rings. The third-order valence-corrected chi connectivity index (χ3v) is 5.63. The van der Waals surface area contributed by atoms with E-state index in [1.807, 2.05) is 48.2 Å². The lowest BCUT2D eigenvalue weighted by atomic mass is 10.1. The second-order valence-electron chi connectivity index (χ2n) is 6.37. The summed E-state index contributed by atoms with van der Waals surface area (Å²) in [6, 6.07) is 16.0. The number of carbonyl (C=O) groups excluding carboxylic acids is 2. The monoisotopic (exact) mass is 368 g/mol. The molecule has 0 aliphatic carbocycles. The summed E-state index contributed by atoms with van der Waals surface area (Å²) in [5.41, 5.74) is 4.03. The summed E-state index contributed by atoms with van der Waals surface area (Å²) in [5.74, 6) is 0.646. The molecule has 1 aliphatic heterocycles. The van der Waals surface area contributed by atoms with Gasteiger partial charge in [-0.1, -0.05) is 38.1 Å². The van der Waals surface area contributed by atoms with Gasteiger partial charge >= 0.3 is 0 Å².